The maximum absolute atomic E-state index is 6.01. The number of fused-ring (bicyclic) bond motifs is 3. The lowest BCUT2D eigenvalue weighted by atomic mass is 10.1. The van der Waals surface area contributed by atoms with Crippen LogP contribution in [0.1, 0.15) is 33.0 Å². The van der Waals surface area contributed by atoms with Crippen LogP contribution in [-0.4, -0.2) is 28.2 Å². The van der Waals surface area contributed by atoms with Crippen LogP contribution in [0.3, 0.4) is 0 Å². The molecule has 122 valence electrons. The van der Waals surface area contributed by atoms with E-state index in [4.69, 9.17) is 9.47 Å². The Bertz CT molecular complexity index is 795. The summed E-state index contributed by atoms with van der Waals surface area (Å²) in [6.45, 7) is 8.21. The minimum absolute atomic E-state index is 0.475. The highest BCUT2D eigenvalue weighted by Crippen LogP contribution is 2.30. The van der Waals surface area contributed by atoms with Gasteiger partial charge in [0.15, 0.2) is 0 Å². The van der Waals surface area contributed by atoms with Crippen molar-refractivity contribution in [3.63, 3.8) is 0 Å². The summed E-state index contributed by atoms with van der Waals surface area (Å²) in [5, 5.41) is 0.990. The number of hydrogen-bond donors (Lipinski definition) is 1. The van der Waals surface area contributed by atoms with Crippen LogP contribution in [0.2, 0.25) is 0 Å². The summed E-state index contributed by atoms with van der Waals surface area (Å²) in [6, 6.07) is 5.96. The molecule has 2 heterocycles. The SMILES string of the molecule is CCOCc1nc2cnc3cccc(OCCC(C)C)c3c2[nH]1. The molecule has 0 spiro atoms. The van der Waals surface area contributed by atoms with Crippen LogP contribution >= 0.6 is 0 Å². The van der Waals surface area contributed by atoms with Crippen molar-refractivity contribution in [2.75, 3.05) is 13.2 Å². The van der Waals surface area contributed by atoms with Crippen molar-refractivity contribution in [1.82, 2.24) is 15.0 Å². The van der Waals surface area contributed by atoms with E-state index < -0.39 is 0 Å². The predicted molar refractivity (Wildman–Crippen MR) is 91.7 cm³/mol. The van der Waals surface area contributed by atoms with E-state index in [2.05, 4.69) is 28.8 Å². The van der Waals surface area contributed by atoms with E-state index in [-0.39, 0.29) is 0 Å². The Balaban J connectivity index is 2.00. The van der Waals surface area contributed by atoms with Crippen molar-refractivity contribution < 1.29 is 9.47 Å². The minimum Gasteiger partial charge on any atom is -0.493 e. The quantitative estimate of drug-likeness (QED) is 0.714. The Labute approximate surface area is 136 Å². The molecule has 0 saturated heterocycles. The maximum Gasteiger partial charge on any atom is 0.133 e. The monoisotopic (exact) mass is 313 g/mol. The lowest BCUT2D eigenvalue weighted by Gasteiger charge is -2.10. The Kier molecular flexibility index (Phi) is 4.76. The second-order valence-electron chi connectivity index (χ2n) is 6.02. The first-order valence-corrected chi connectivity index (χ1v) is 8.16. The zero-order chi connectivity index (χ0) is 16.2. The van der Waals surface area contributed by atoms with E-state index in [1.165, 1.54) is 0 Å². The number of benzene rings is 1. The van der Waals surface area contributed by atoms with Crippen molar-refractivity contribution >= 4 is 21.9 Å². The summed E-state index contributed by atoms with van der Waals surface area (Å²) in [4.78, 5) is 12.4. The van der Waals surface area contributed by atoms with Crippen molar-refractivity contribution in [2.45, 2.75) is 33.8 Å². The fourth-order valence-corrected chi connectivity index (χ4v) is 2.52. The number of aromatic nitrogens is 3. The number of imidazole rings is 1. The fourth-order valence-electron chi connectivity index (χ4n) is 2.52. The van der Waals surface area contributed by atoms with Crippen molar-refractivity contribution in [1.29, 1.82) is 0 Å². The van der Waals surface area contributed by atoms with Crippen LogP contribution in [0, 0.1) is 5.92 Å². The maximum atomic E-state index is 6.01. The molecule has 0 atom stereocenters. The second-order valence-corrected chi connectivity index (χ2v) is 6.02. The predicted octanol–water partition coefficient (Wildman–Crippen LogP) is 4.07. The molecule has 0 bridgehead atoms. The number of H-pyrrole nitrogens is 1. The highest BCUT2D eigenvalue weighted by molar-refractivity contribution is 6.05. The molecular weight excluding hydrogens is 290 g/mol. The van der Waals surface area contributed by atoms with Crippen molar-refractivity contribution in [2.24, 2.45) is 5.92 Å². The summed E-state index contributed by atoms with van der Waals surface area (Å²) in [7, 11) is 0. The van der Waals surface area contributed by atoms with E-state index in [1.54, 1.807) is 6.20 Å². The van der Waals surface area contributed by atoms with Crippen molar-refractivity contribution in [3.8, 4) is 5.75 Å². The van der Waals surface area contributed by atoms with Gasteiger partial charge in [0.2, 0.25) is 0 Å². The van der Waals surface area contributed by atoms with Gasteiger partial charge >= 0.3 is 0 Å². The first kappa shape index (κ1) is 15.7. The third-order valence-corrected chi connectivity index (χ3v) is 3.76. The van der Waals surface area contributed by atoms with E-state index >= 15 is 0 Å². The van der Waals surface area contributed by atoms with Crippen LogP contribution in [0.4, 0.5) is 0 Å². The minimum atomic E-state index is 0.475. The molecule has 0 aliphatic carbocycles. The van der Waals surface area contributed by atoms with Gasteiger partial charge in [-0.3, -0.25) is 4.98 Å². The Morgan fingerprint density at radius 1 is 1.22 bits per heavy atom. The molecule has 5 heteroatoms. The van der Waals surface area contributed by atoms with E-state index in [9.17, 15) is 0 Å². The lowest BCUT2D eigenvalue weighted by Crippen LogP contribution is -2.02. The number of pyridine rings is 1. The molecule has 23 heavy (non-hydrogen) atoms. The van der Waals surface area contributed by atoms with Crippen LogP contribution in [0.25, 0.3) is 21.9 Å². The standard InChI is InChI=1S/C18H23N3O2/c1-4-22-11-16-20-14-10-19-13-6-5-7-15(17(13)18(14)21-16)23-9-8-12(2)3/h5-7,10,12H,4,8-9,11H2,1-3H3,(H,20,21). The summed E-state index contributed by atoms with van der Waals surface area (Å²) in [5.74, 6) is 2.29. The first-order chi connectivity index (χ1) is 11.2. The Hall–Kier alpha value is -2.14. The van der Waals surface area contributed by atoms with Gasteiger partial charge in [-0.25, -0.2) is 4.98 Å². The highest BCUT2D eigenvalue weighted by Gasteiger charge is 2.12. The number of nitrogens with one attached hydrogen (secondary N) is 1. The highest BCUT2D eigenvalue weighted by atomic mass is 16.5. The molecule has 0 aliphatic heterocycles. The molecule has 2 aromatic heterocycles. The molecule has 0 amide bonds. The van der Waals surface area contributed by atoms with Gasteiger partial charge in [-0.1, -0.05) is 19.9 Å². The number of aromatic amines is 1. The van der Waals surface area contributed by atoms with Gasteiger partial charge in [0.05, 0.1) is 29.2 Å². The molecule has 3 aromatic rings. The van der Waals surface area contributed by atoms with Gasteiger partial charge in [-0.15, -0.1) is 0 Å². The van der Waals surface area contributed by atoms with Gasteiger partial charge in [0.1, 0.15) is 23.7 Å². The molecule has 0 aliphatic rings. The van der Waals surface area contributed by atoms with Crippen LogP contribution < -0.4 is 4.74 Å². The van der Waals surface area contributed by atoms with Gasteiger partial charge < -0.3 is 14.5 Å². The number of ether oxygens (including phenoxy) is 2. The molecule has 0 fully saturated rings. The topological polar surface area (TPSA) is 60.0 Å². The van der Waals surface area contributed by atoms with E-state index in [0.29, 0.717) is 25.7 Å². The molecule has 0 saturated carbocycles. The summed E-state index contributed by atoms with van der Waals surface area (Å²) in [6.07, 6.45) is 2.82. The van der Waals surface area contributed by atoms with Crippen molar-refractivity contribution in [3.05, 3.63) is 30.2 Å². The molecule has 3 rings (SSSR count). The smallest absolute Gasteiger partial charge is 0.133 e. The zero-order valence-electron chi connectivity index (χ0n) is 13.9. The fraction of sp³-hybridized carbons (Fsp3) is 0.444. The molecule has 0 unspecified atom stereocenters. The third kappa shape index (κ3) is 3.45. The summed E-state index contributed by atoms with van der Waals surface area (Å²) in [5.41, 5.74) is 2.71. The second kappa shape index (κ2) is 6.96. The van der Waals surface area contributed by atoms with Gasteiger partial charge in [-0.2, -0.15) is 0 Å². The molecule has 0 radical (unpaired) electrons. The van der Waals surface area contributed by atoms with Crippen LogP contribution in [-0.2, 0) is 11.3 Å². The Morgan fingerprint density at radius 2 is 2.09 bits per heavy atom. The average Bonchev–Trinajstić information content (AvgIpc) is 2.95. The van der Waals surface area contributed by atoms with Crippen LogP contribution in [0.5, 0.6) is 5.75 Å². The summed E-state index contributed by atoms with van der Waals surface area (Å²) >= 11 is 0. The lowest BCUT2D eigenvalue weighted by molar-refractivity contribution is 0.129. The molecule has 1 N–H and O–H groups in total. The normalized spacial score (nSPS) is 11.7. The molecular formula is C18H23N3O2. The number of rotatable bonds is 7. The van der Waals surface area contributed by atoms with Gasteiger partial charge in [-0.05, 0) is 31.4 Å². The van der Waals surface area contributed by atoms with Gasteiger partial charge in [0, 0.05) is 6.61 Å². The molecule has 5 nitrogen and oxygen atoms in total. The van der Waals surface area contributed by atoms with Gasteiger partial charge in [0.25, 0.3) is 0 Å². The largest absolute Gasteiger partial charge is 0.493 e. The Morgan fingerprint density at radius 3 is 2.87 bits per heavy atom. The zero-order valence-corrected chi connectivity index (χ0v) is 13.9. The number of nitrogens with zero attached hydrogens (tertiary/aromatic N) is 2. The van der Waals surface area contributed by atoms with E-state index in [0.717, 1.165) is 39.9 Å². The first-order valence-electron chi connectivity index (χ1n) is 8.16. The number of hydrogen-bond acceptors (Lipinski definition) is 4. The summed E-state index contributed by atoms with van der Waals surface area (Å²) < 4.78 is 11.4. The third-order valence-electron chi connectivity index (χ3n) is 3.76. The molecule has 1 aromatic carbocycles. The van der Waals surface area contributed by atoms with Crippen LogP contribution in [0.15, 0.2) is 24.4 Å². The average molecular weight is 313 g/mol. The van der Waals surface area contributed by atoms with E-state index in [1.807, 2.05) is 25.1 Å².